The molecule has 3 rings (SSSR count). The molecule has 208 valence electrons. The minimum Gasteiger partial charge on any atom is -0.453 e. The molecule has 1 aromatic carbocycles. The Hall–Kier alpha value is -2.03. The maximum atomic E-state index is 13.4. The summed E-state index contributed by atoms with van der Waals surface area (Å²) in [6, 6.07) is 5.98. The monoisotopic (exact) mass is 536 g/mol. The molecule has 9 heteroatoms. The van der Waals surface area contributed by atoms with Gasteiger partial charge in [-0.15, -0.1) is 0 Å². The summed E-state index contributed by atoms with van der Waals surface area (Å²) in [5.41, 5.74) is 2.13. The molecule has 1 heterocycles. The minimum atomic E-state index is -0.482. The topological polar surface area (TPSA) is 91.9 Å². The molecule has 1 aliphatic carbocycles. The fraction of sp³-hybridized carbons (Fsp3) is 0.714. The van der Waals surface area contributed by atoms with Gasteiger partial charge in [0.15, 0.2) is 0 Å². The number of methoxy groups -OCH3 is 1. The Morgan fingerprint density at radius 3 is 2.68 bits per heavy atom. The second-order valence-corrected chi connectivity index (χ2v) is 10.9. The Labute approximate surface area is 227 Å². The zero-order valence-electron chi connectivity index (χ0n) is 22.7. The number of likely N-dealkylation sites (N-methyl/N-ethyl adjacent to an activating group) is 1. The van der Waals surface area contributed by atoms with Crippen LogP contribution in [0.25, 0.3) is 0 Å². The van der Waals surface area contributed by atoms with E-state index in [1.807, 2.05) is 30.1 Å². The minimum absolute atomic E-state index is 0.00897. The molecule has 0 radical (unpaired) electrons. The Balaban J connectivity index is 1.66. The first-order chi connectivity index (χ1) is 17.9. The van der Waals surface area contributed by atoms with Crippen LogP contribution in [0.5, 0.6) is 0 Å². The zero-order valence-corrected chi connectivity index (χ0v) is 23.4. The van der Waals surface area contributed by atoms with E-state index >= 15 is 0 Å². The summed E-state index contributed by atoms with van der Waals surface area (Å²) >= 11 is 6.36. The van der Waals surface area contributed by atoms with Crippen LogP contribution in [-0.4, -0.2) is 70.0 Å². The van der Waals surface area contributed by atoms with E-state index in [0.717, 1.165) is 43.5 Å². The maximum Gasteiger partial charge on any atom is 0.406 e. The molecule has 37 heavy (non-hydrogen) atoms. The van der Waals surface area contributed by atoms with Crippen LogP contribution in [-0.2, 0) is 9.47 Å². The lowest BCUT2D eigenvalue weighted by atomic mass is 9.84. The molecule has 3 atom stereocenters. The van der Waals surface area contributed by atoms with Crippen LogP contribution in [0.1, 0.15) is 68.6 Å². The van der Waals surface area contributed by atoms with E-state index < -0.39 is 6.09 Å². The van der Waals surface area contributed by atoms with Gasteiger partial charge in [0.1, 0.15) is 0 Å². The second-order valence-electron chi connectivity index (χ2n) is 10.5. The third-order valence-corrected chi connectivity index (χ3v) is 7.93. The predicted molar refractivity (Wildman–Crippen MR) is 147 cm³/mol. The van der Waals surface area contributed by atoms with Crippen molar-refractivity contribution in [3.63, 3.8) is 0 Å². The molecule has 8 nitrogen and oxygen atoms in total. The van der Waals surface area contributed by atoms with Crippen molar-refractivity contribution >= 4 is 23.7 Å². The molecule has 2 fully saturated rings. The number of urea groups is 1. The van der Waals surface area contributed by atoms with Crippen LogP contribution in [0.3, 0.4) is 0 Å². The number of hydrogen-bond donors (Lipinski definition) is 3. The number of carbonyl (C=O) groups excluding carboxylic acids is 2. The molecule has 0 aromatic heterocycles. The Morgan fingerprint density at radius 1 is 1.16 bits per heavy atom. The lowest BCUT2D eigenvalue weighted by Gasteiger charge is -2.38. The van der Waals surface area contributed by atoms with E-state index in [-0.39, 0.29) is 24.1 Å². The van der Waals surface area contributed by atoms with Crippen molar-refractivity contribution in [3.8, 4) is 0 Å². The number of benzene rings is 1. The number of likely N-dealkylation sites (tertiary alicyclic amines) is 1. The normalized spacial score (nSPS) is 20.2. The first-order valence-electron chi connectivity index (χ1n) is 13.8. The van der Waals surface area contributed by atoms with E-state index in [4.69, 9.17) is 16.3 Å². The number of aryl methyl sites for hydroxylation is 1. The standard InChI is InChI=1S/C28H45ClN4O4/c1-20-11-12-23(29)17-25(20)26(37-15-13-31-28(35)36-3)22-10-7-14-33(19-22)27(34)32-24(18-30-2)16-21-8-5-4-6-9-21/h11-12,17,21-22,24,26,30H,4-10,13-16,18-19H2,1-3H3,(H,31,35)(H,32,34)/t22-,24+,26-/m1/s1. The number of amides is 3. The average Bonchev–Trinajstić information content (AvgIpc) is 2.91. The number of ether oxygens (including phenoxy) is 2. The van der Waals surface area contributed by atoms with Crippen molar-refractivity contribution in [3.05, 3.63) is 34.3 Å². The van der Waals surface area contributed by atoms with Crippen LogP contribution in [0, 0.1) is 18.8 Å². The number of alkyl carbamates (subject to hydrolysis) is 1. The summed E-state index contributed by atoms with van der Waals surface area (Å²) in [4.78, 5) is 26.8. The van der Waals surface area contributed by atoms with Gasteiger partial charge in [0.05, 0.1) is 19.8 Å². The largest absolute Gasteiger partial charge is 0.453 e. The first kappa shape index (κ1) is 29.5. The van der Waals surface area contributed by atoms with E-state index in [9.17, 15) is 9.59 Å². The van der Waals surface area contributed by atoms with E-state index in [1.54, 1.807) is 0 Å². The third-order valence-electron chi connectivity index (χ3n) is 7.70. The number of nitrogens with zero attached hydrogens (tertiary/aromatic N) is 1. The molecule has 2 aliphatic rings. The number of hydrogen-bond acceptors (Lipinski definition) is 5. The fourth-order valence-electron chi connectivity index (χ4n) is 5.78. The highest BCUT2D eigenvalue weighted by molar-refractivity contribution is 6.30. The van der Waals surface area contributed by atoms with Crippen molar-refractivity contribution < 1.29 is 19.1 Å². The number of rotatable bonds is 11. The van der Waals surface area contributed by atoms with Gasteiger partial charge in [-0.1, -0.05) is 49.8 Å². The number of nitrogens with one attached hydrogen (secondary N) is 3. The molecule has 1 saturated heterocycles. The summed E-state index contributed by atoms with van der Waals surface area (Å²) in [5, 5.41) is 9.92. The first-order valence-corrected chi connectivity index (χ1v) is 14.2. The van der Waals surface area contributed by atoms with Crippen molar-refractivity contribution in [2.75, 3.05) is 46.9 Å². The van der Waals surface area contributed by atoms with Gasteiger partial charge in [-0.2, -0.15) is 0 Å². The smallest absolute Gasteiger partial charge is 0.406 e. The molecule has 3 amide bonds. The highest BCUT2D eigenvalue weighted by Crippen LogP contribution is 2.36. The summed E-state index contributed by atoms with van der Waals surface area (Å²) in [6.07, 6.45) is 8.66. The van der Waals surface area contributed by atoms with Gasteiger partial charge in [-0.25, -0.2) is 9.59 Å². The van der Waals surface area contributed by atoms with Crippen LogP contribution in [0.4, 0.5) is 9.59 Å². The lowest BCUT2D eigenvalue weighted by Crippen LogP contribution is -2.52. The van der Waals surface area contributed by atoms with Crippen LogP contribution in [0.2, 0.25) is 5.02 Å². The van der Waals surface area contributed by atoms with Gasteiger partial charge in [0.25, 0.3) is 0 Å². The number of piperidine rings is 1. The fourth-order valence-corrected chi connectivity index (χ4v) is 5.96. The molecule has 1 saturated carbocycles. The summed E-state index contributed by atoms with van der Waals surface area (Å²) in [5.74, 6) is 0.819. The van der Waals surface area contributed by atoms with E-state index in [0.29, 0.717) is 30.6 Å². The summed E-state index contributed by atoms with van der Waals surface area (Å²) < 4.78 is 11.0. The molecular formula is C28H45ClN4O4. The zero-order chi connectivity index (χ0) is 26.6. The Kier molecular flexibility index (Phi) is 12.3. The second kappa shape index (κ2) is 15.4. The van der Waals surface area contributed by atoms with Gasteiger partial charge in [0, 0.05) is 43.2 Å². The quantitative estimate of drug-likeness (QED) is 0.344. The SMILES string of the molecule is CNC[C@H](CC1CCCCC1)NC(=O)N1CCC[C@@H]([C@@H](OCCNC(=O)OC)c2cc(Cl)ccc2C)C1. The Morgan fingerprint density at radius 2 is 1.95 bits per heavy atom. The molecule has 1 aromatic rings. The Bertz CT molecular complexity index is 865. The van der Waals surface area contributed by atoms with Gasteiger partial charge in [-0.05, 0) is 62.4 Å². The average molecular weight is 537 g/mol. The highest BCUT2D eigenvalue weighted by atomic mass is 35.5. The van der Waals surface area contributed by atoms with Crippen molar-refractivity contribution in [1.29, 1.82) is 0 Å². The van der Waals surface area contributed by atoms with Crippen LogP contribution >= 0.6 is 11.6 Å². The van der Waals surface area contributed by atoms with E-state index in [2.05, 4.69) is 27.6 Å². The number of carbonyl (C=O) groups is 2. The molecule has 0 spiro atoms. The van der Waals surface area contributed by atoms with Crippen LogP contribution in [0.15, 0.2) is 18.2 Å². The van der Waals surface area contributed by atoms with Gasteiger partial charge in [0.2, 0.25) is 0 Å². The molecule has 0 bridgehead atoms. The highest BCUT2D eigenvalue weighted by Gasteiger charge is 2.33. The summed E-state index contributed by atoms with van der Waals surface area (Å²) in [7, 11) is 3.29. The maximum absolute atomic E-state index is 13.4. The summed E-state index contributed by atoms with van der Waals surface area (Å²) in [6.45, 7) is 4.86. The van der Waals surface area contributed by atoms with Crippen molar-refractivity contribution in [2.24, 2.45) is 11.8 Å². The van der Waals surface area contributed by atoms with Gasteiger partial charge >= 0.3 is 12.1 Å². The van der Waals surface area contributed by atoms with Crippen LogP contribution < -0.4 is 16.0 Å². The molecular weight excluding hydrogens is 492 g/mol. The third kappa shape index (κ3) is 9.34. The number of halogens is 1. The van der Waals surface area contributed by atoms with Crippen molar-refractivity contribution in [2.45, 2.75) is 70.4 Å². The molecule has 3 N–H and O–H groups in total. The van der Waals surface area contributed by atoms with E-state index in [1.165, 1.54) is 39.2 Å². The lowest BCUT2D eigenvalue weighted by molar-refractivity contribution is -0.00899. The molecule has 0 unspecified atom stereocenters. The van der Waals surface area contributed by atoms with Gasteiger partial charge < -0.3 is 30.3 Å². The molecule has 1 aliphatic heterocycles. The van der Waals surface area contributed by atoms with Crippen molar-refractivity contribution in [1.82, 2.24) is 20.9 Å². The van der Waals surface area contributed by atoms with Gasteiger partial charge in [-0.3, -0.25) is 0 Å². The predicted octanol–water partition coefficient (Wildman–Crippen LogP) is 5.04.